The van der Waals surface area contributed by atoms with Crippen LogP contribution in [-0.2, 0) is 6.42 Å². The molecule has 0 fully saturated rings. The van der Waals surface area contributed by atoms with Crippen LogP contribution in [0.25, 0.3) is 0 Å². The smallest absolute Gasteiger partial charge is 0.0508 e. The molecule has 0 bridgehead atoms. The molecule has 0 aromatic heterocycles. The Morgan fingerprint density at radius 3 is 2.45 bits per heavy atom. The molecule has 0 amide bonds. The summed E-state index contributed by atoms with van der Waals surface area (Å²) < 4.78 is 1.16. The summed E-state index contributed by atoms with van der Waals surface area (Å²) in [6, 6.07) is 6.84. The van der Waals surface area contributed by atoms with Gasteiger partial charge in [-0.3, -0.25) is 0 Å². The lowest BCUT2D eigenvalue weighted by molar-refractivity contribution is 0.401. The van der Waals surface area contributed by atoms with E-state index in [1.807, 2.05) is 0 Å². The fourth-order valence-corrected chi connectivity index (χ4v) is 2.91. The van der Waals surface area contributed by atoms with Crippen molar-refractivity contribution in [1.29, 1.82) is 0 Å². The van der Waals surface area contributed by atoms with Gasteiger partial charge in [0, 0.05) is 24.1 Å². The summed E-state index contributed by atoms with van der Waals surface area (Å²) in [6.07, 6.45) is 3.13. The first-order valence-corrected chi connectivity index (χ1v) is 8.13. The monoisotopic (exact) mass is 341 g/mol. The van der Waals surface area contributed by atoms with Gasteiger partial charge in [-0.05, 0) is 73.5 Å². The van der Waals surface area contributed by atoms with Crippen LogP contribution in [0.3, 0.4) is 0 Å². The number of hydrogen-bond donors (Lipinski definition) is 1. The zero-order valence-corrected chi connectivity index (χ0v) is 14.8. The summed E-state index contributed by atoms with van der Waals surface area (Å²) in [5, 5.41) is 0. The third-order valence-corrected chi connectivity index (χ3v) is 4.18. The lowest BCUT2D eigenvalue weighted by Gasteiger charge is -2.22. The number of benzene rings is 1. The van der Waals surface area contributed by atoms with Crippen LogP contribution in [0, 0.1) is 0 Å². The molecular formula is C16H28BrN3. The summed E-state index contributed by atoms with van der Waals surface area (Å²) in [4.78, 5) is 4.52. The van der Waals surface area contributed by atoms with E-state index in [0.717, 1.165) is 30.4 Å². The minimum atomic E-state index is 0.255. The van der Waals surface area contributed by atoms with Crippen molar-refractivity contribution < 1.29 is 0 Å². The molecule has 0 radical (unpaired) electrons. The Labute approximate surface area is 132 Å². The molecule has 0 heterocycles. The van der Waals surface area contributed by atoms with E-state index in [1.54, 1.807) is 0 Å². The van der Waals surface area contributed by atoms with Gasteiger partial charge in [-0.15, -0.1) is 0 Å². The van der Waals surface area contributed by atoms with Gasteiger partial charge < -0.3 is 15.5 Å². The molecule has 1 aromatic rings. The highest BCUT2D eigenvalue weighted by Gasteiger charge is 2.08. The van der Waals surface area contributed by atoms with Crippen molar-refractivity contribution in [3.05, 3.63) is 28.2 Å². The van der Waals surface area contributed by atoms with Crippen molar-refractivity contribution in [2.24, 2.45) is 5.73 Å². The molecule has 4 heteroatoms. The quantitative estimate of drug-likeness (QED) is 0.788. The Bertz CT molecular complexity index is 407. The van der Waals surface area contributed by atoms with Gasteiger partial charge in [-0.1, -0.05) is 13.0 Å². The molecule has 114 valence electrons. The SMILES string of the molecule is CCC(N)Cc1ccc(N(C)CCCN(C)C)c(Br)c1. The van der Waals surface area contributed by atoms with Crippen molar-refractivity contribution in [3.63, 3.8) is 0 Å². The van der Waals surface area contributed by atoms with Gasteiger partial charge in [-0.2, -0.15) is 0 Å². The van der Waals surface area contributed by atoms with Gasteiger partial charge in [0.25, 0.3) is 0 Å². The Kier molecular flexibility index (Phi) is 7.56. The van der Waals surface area contributed by atoms with Crippen LogP contribution >= 0.6 is 15.9 Å². The van der Waals surface area contributed by atoms with Crippen LogP contribution in [0.1, 0.15) is 25.3 Å². The van der Waals surface area contributed by atoms with Gasteiger partial charge >= 0.3 is 0 Å². The van der Waals surface area contributed by atoms with E-state index in [9.17, 15) is 0 Å². The summed E-state index contributed by atoms with van der Waals surface area (Å²) >= 11 is 3.69. The molecule has 3 nitrogen and oxygen atoms in total. The van der Waals surface area contributed by atoms with Crippen LogP contribution in [0.4, 0.5) is 5.69 Å². The summed E-state index contributed by atoms with van der Waals surface area (Å²) in [5.74, 6) is 0. The predicted molar refractivity (Wildman–Crippen MR) is 92.6 cm³/mol. The topological polar surface area (TPSA) is 32.5 Å². The number of halogens is 1. The Morgan fingerprint density at radius 1 is 1.20 bits per heavy atom. The number of hydrogen-bond acceptors (Lipinski definition) is 3. The molecule has 20 heavy (non-hydrogen) atoms. The fourth-order valence-electron chi connectivity index (χ4n) is 2.18. The van der Waals surface area contributed by atoms with Crippen LogP contribution in [-0.4, -0.2) is 45.2 Å². The maximum absolute atomic E-state index is 6.02. The second-order valence-corrected chi connectivity index (χ2v) is 6.59. The van der Waals surface area contributed by atoms with Gasteiger partial charge in [0.2, 0.25) is 0 Å². The first-order valence-electron chi connectivity index (χ1n) is 7.34. The lowest BCUT2D eigenvalue weighted by atomic mass is 10.0. The maximum atomic E-state index is 6.02. The molecular weight excluding hydrogens is 314 g/mol. The second-order valence-electron chi connectivity index (χ2n) is 5.74. The molecule has 1 unspecified atom stereocenters. The Balaban J connectivity index is 2.62. The molecule has 0 aliphatic heterocycles. The normalized spacial score (nSPS) is 12.8. The number of nitrogens with two attached hydrogens (primary N) is 1. The largest absolute Gasteiger partial charge is 0.374 e. The maximum Gasteiger partial charge on any atom is 0.0508 e. The van der Waals surface area contributed by atoms with E-state index < -0.39 is 0 Å². The molecule has 1 aromatic carbocycles. The van der Waals surface area contributed by atoms with Gasteiger partial charge in [0.15, 0.2) is 0 Å². The van der Waals surface area contributed by atoms with E-state index in [-0.39, 0.29) is 6.04 Å². The van der Waals surface area contributed by atoms with Gasteiger partial charge in [-0.25, -0.2) is 0 Å². The number of rotatable bonds is 8. The zero-order valence-electron chi connectivity index (χ0n) is 13.2. The first-order chi connectivity index (χ1) is 9.43. The van der Waals surface area contributed by atoms with Crippen molar-refractivity contribution in [1.82, 2.24) is 4.90 Å². The lowest BCUT2D eigenvalue weighted by Crippen LogP contribution is -2.24. The van der Waals surface area contributed by atoms with E-state index in [1.165, 1.54) is 17.7 Å². The molecule has 0 saturated carbocycles. The third-order valence-electron chi connectivity index (χ3n) is 3.54. The minimum absolute atomic E-state index is 0.255. The highest BCUT2D eigenvalue weighted by Crippen LogP contribution is 2.27. The number of nitrogens with zero attached hydrogens (tertiary/aromatic N) is 2. The summed E-state index contributed by atoms with van der Waals surface area (Å²) in [5.41, 5.74) is 8.57. The van der Waals surface area contributed by atoms with Crippen molar-refractivity contribution in [3.8, 4) is 0 Å². The van der Waals surface area contributed by atoms with Crippen molar-refractivity contribution >= 4 is 21.6 Å². The first kappa shape index (κ1) is 17.5. The van der Waals surface area contributed by atoms with E-state index in [0.29, 0.717) is 0 Å². The molecule has 0 spiro atoms. The second kappa shape index (κ2) is 8.65. The Hall–Kier alpha value is -0.580. The van der Waals surface area contributed by atoms with Crippen molar-refractivity contribution in [2.75, 3.05) is 39.1 Å². The van der Waals surface area contributed by atoms with Crippen LogP contribution in [0.5, 0.6) is 0 Å². The van der Waals surface area contributed by atoms with Gasteiger partial charge in [0.1, 0.15) is 0 Å². The summed E-state index contributed by atoms with van der Waals surface area (Å²) in [7, 11) is 6.37. The van der Waals surface area contributed by atoms with Crippen molar-refractivity contribution in [2.45, 2.75) is 32.2 Å². The third kappa shape index (κ3) is 5.81. The standard InChI is InChI=1S/C16H28BrN3/c1-5-14(18)11-13-7-8-16(15(17)12-13)20(4)10-6-9-19(2)3/h7-8,12,14H,5-6,9-11,18H2,1-4H3. The van der Waals surface area contributed by atoms with E-state index in [2.05, 4.69) is 72.0 Å². The fraction of sp³-hybridized carbons (Fsp3) is 0.625. The van der Waals surface area contributed by atoms with Gasteiger partial charge in [0.05, 0.1) is 5.69 Å². The molecule has 1 rings (SSSR count). The molecule has 2 N–H and O–H groups in total. The molecule has 0 aliphatic carbocycles. The molecule has 0 aliphatic rings. The van der Waals surface area contributed by atoms with E-state index >= 15 is 0 Å². The summed E-state index contributed by atoms with van der Waals surface area (Å²) in [6.45, 7) is 4.31. The average Bonchev–Trinajstić information content (AvgIpc) is 2.38. The molecule has 1 atom stereocenters. The number of anilines is 1. The Morgan fingerprint density at radius 2 is 1.90 bits per heavy atom. The highest BCUT2D eigenvalue weighted by molar-refractivity contribution is 9.10. The molecule has 0 saturated heterocycles. The van der Waals surface area contributed by atoms with Crippen LogP contribution in [0.15, 0.2) is 22.7 Å². The predicted octanol–water partition coefficient (Wildman–Crippen LogP) is 3.12. The minimum Gasteiger partial charge on any atom is -0.374 e. The highest BCUT2D eigenvalue weighted by atomic mass is 79.9. The average molecular weight is 342 g/mol. The van der Waals surface area contributed by atoms with E-state index in [4.69, 9.17) is 5.73 Å². The zero-order chi connectivity index (χ0) is 15.1. The van der Waals surface area contributed by atoms with Crippen LogP contribution in [0.2, 0.25) is 0 Å². The van der Waals surface area contributed by atoms with Crippen LogP contribution < -0.4 is 10.6 Å².